The van der Waals surface area contributed by atoms with Crippen molar-refractivity contribution in [2.45, 2.75) is 44.3 Å². The lowest BCUT2D eigenvalue weighted by atomic mass is 9.93. The van der Waals surface area contributed by atoms with Crippen LogP contribution in [0.5, 0.6) is 0 Å². The van der Waals surface area contributed by atoms with Crippen molar-refractivity contribution in [3.05, 3.63) is 24.0 Å². The lowest BCUT2D eigenvalue weighted by Crippen LogP contribution is -2.52. The number of hydrogen-bond donors (Lipinski definition) is 1. The molecule has 0 radical (unpaired) electrons. The SMILES string of the molecule is CNC(=O)c1ccc(N2CCC(N3CCCC(C)(F)C3)CC2)cn1. The molecule has 1 N–H and O–H groups in total. The van der Waals surface area contributed by atoms with Gasteiger partial charge < -0.3 is 10.2 Å². The second-order valence-electron chi connectivity index (χ2n) is 7.19. The van der Waals surface area contributed by atoms with Crippen LogP contribution in [0.25, 0.3) is 0 Å². The van der Waals surface area contributed by atoms with Crippen LogP contribution in [0.3, 0.4) is 0 Å². The minimum absolute atomic E-state index is 0.167. The molecule has 2 saturated heterocycles. The molecule has 6 heteroatoms. The summed E-state index contributed by atoms with van der Waals surface area (Å²) in [6.45, 7) is 5.22. The van der Waals surface area contributed by atoms with Gasteiger partial charge in [-0.2, -0.15) is 0 Å². The fourth-order valence-electron chi connectivity index (χ4n) is 3.87. The molecule has 5 nitrogen and oxygen atoms in total. The Morgan fingerprint density at radius 1 is 1.33 bits per heavy atom. The third-order valence-electron chi connectivity index (χ3n) is 5.23. The minimum Gasteiger partial charge on any atom is -0.370 e. The van der Waals surface area contributed by atoms with Crippen molar-refractivity contribution >= 4 is 11.6 Å². The molecule has 2 aliphatic rings. The first kappa shape index (κ1) is 17.1. The Morgan fingerprint density at radius 2 is 2.08 bits per heavy atom. The number of nitrogens with one attached hydrogen (secondary N) is 1. The Kier molecular flexibility index (Phi) is 5.04. The number of halogens is 1. The van der Waals surface area contributed by atoms with Crippen molar-refractivity contribution < 1.29 is 9.18 Å². The number of pyridine rings is 1. The van der Waals surface area contributed by atoms with Crippen molar-refractivity contribution in [1.82, 2.24) is 15.2 Å². The zero-order valence-corrected chi connectivity index (χ0v) is 14.6. The van der Waals surface area contributed by atoms with E-state index in [4.69, 9.17) is 0 Å². The largest absolute Gasteiger partial charge is 0.370 e. The minimum atomic E-state index is -1.03. The van der Waals surface area contributed by atoms with Crippen LogP contribution >= 0.6 is 0 Å². The zero-order chi connectivity index (χ0) is 17.2. The van der Waals surface area contributed by atoms with Gasteiger partial charge in [-0.15, -0.1) is 0 Å². The summed E-state index contributed by atoms with van der Waals surface area (Å²) in [5, 5.41) is 2.58. The van der Waals surface area contributed by atoms with Crippen LogP contribution in [0, 0.1) is 0 Å². The Morgan fingerprint density at radius 3 is 2.67 bits per heavy atom. The van der Waals surface area contributed by atoms with E-state index >= 15 is 0 Å². The van der Waals surface area contributed by atoms with Gasteiger partial charge in [0.05, 0.1) is 11.9 Å². The molecule has 0 aliphatic carbocycles. The van der Waals surface area contributed by atoms with Crippen molar-refractivity contribution in [3.8, 4) is 0 Å². The molecule has 2 aliphatic heterocycles. The van der Waals surface area contributed by atoms with Crippen molar-refractivity contribution in [1.29, 1.82) is 0 Å². The first-order chi connectivity index (χ1) is 11.5. The third kappa shape index (κ3) is 3.86. The van der Waals surface area contributed by atoms with Crippen LogP contribution < -0.4 is 10.2 Å². The van der Waals surface area contributed by atoms with Gasteiger partial charge in [-0.3, -0.25) is 9.69 Å². The number of alkyl halides is 1. The zero-order valence-electron chi connectivity index (χ0n) is 14.6. The molecule has 0 bridgehead atoms. The smallest absolute Gasteiger partial charge is 0.269 e. The fourth-order valence-corrected chi connectivity index (χ4v) is 3.87. The summed E-state index contributed by atoms with van der Waals surface area (Å²) in [5.41, 5.74) is 0.455. The summed E-state index contributed by atoms with van der Waals surface area (Å²) in [7, 11) is 1.60. The first-order valence-electron chi connectivity index (χ1n) is 8.84. The van der Waals surface area contributed by atoms with Gasteiger partial charge in [0.1, 0.15) is 11.4 Å². The van der Waals surface area contributed by atoms with E-state index in [0.29, 0.717) is 24.7 Å². The standard InChI is InChI=1S/C18H27FN4O/c1-18(19)8-3-9-23(13-18)14-6-10-22(11-7-14)15-4-5-16(21-12-15)17(24)20-2/h4-5,12,14H,3,6-11,13H2,1-2H3,(H,20,24). The molecule has 0 spiro atoms. The maximum absolute atomic E-state index is 14.3. The van der Waals surface area contributed by atoms with Crippen LogP contribution in [-0.4, -0.2) is 60.7 Å². The number of aromatic nitrogens is 1. The van der Waals surface area contributed by atoms with E-state index in [1.54, 1.807) is 26.2 Å². The predicted molar refractivity (Wildman–Crippen MR) is 93.2 cm³/mol. The normalized spacial score (nSPS) is 26.4. The van der Waals surface area contributed by atoms with Gasteiger partial charge in [0.15, 0.2) is 0 Å². The van der Waals surface area contributed by atoms with Gasteiger partial charge in [0.2, 0.25) is 0 Å². The van der Waals surface area contributed by atoms with E-state index in [0.717, 1.165) is 44.6 Å². The van der Waals surface area contributed by atoms with E-state index in [1.807, 2.05) is 6.07 Å². The Bertz CT molecular complexity index is 567. The number of carbonyl (C=O) groups excluding carboxylic acids is 1. The van der Waals surface area contributed by atoms with E-state index in [2.05, 4.69) is 20.1 Å². The van der Waals surface area contributed by atoms with E-state index in [-0.39, 0.29) is 5.91 Å². The average Bonchev–Trinajstić information content (AvgIpc) is 2.60. The molecule has 1 amide bonds. The van der Waals surface area contributed by atoms with Gasteiger partial charge in [-0.05, 0) is 51.3 Å². The predicted octanol–water partition coefficient (Wildman–Crippen LogP) is 2.23. The molecule has 1 aromatic rings. The van der Waals surface area contributed by atoms with E-state index in [9.17, 15) is 9.18 Å². The van der Waals surface area contributed by atoms with Crippen molar-refractivity contribution in [2.24, 2.45) is 0 Å². The van der Waals surface area contributed by atoms with Crippen LogP contribution in [0.15, 0.2) is 18.3 Å². The fraction of sp³-hybridized carbons (Fsp3) is 0.667. The maximum atomic E-state index is 14.3. The van der Waals surface area contributed by atoms with Crippen LogP contribution in [0.4, 0.5) is 10.1 Å². The maximum Gasteiger partial charge on any atom is 0.269 e. The summed E-state index contributed by atoms with van der Waals surface area (Å²) >= 11 is 0. The molecule has 0 aromatic carbocycles. The number of piperidine rings is 2. The summed E-state index contributed by atoms with van der Waals surface area (Å²) in [6, 6.07) is 4.20. The highest BCUT2D eigenvalue weighted by Crippen LogP contribution is 2.29. The third-order valence-corrected chi connectivity index (χ3v) is 5.23. The highest BCUT2D eigenvalue weighted by molar-refractivity contribution is 5.92. The molecule has 1 atom stereocenters. The highest BCUT2D eigenvalue weighted by atomic mass is 19.1. The van der Waals surface area contributed by atoms with Gasteiger partial charge in [-0.1, -0.05) is 0 Å². The number of amides is 1. The molecule has 3 heterocycles. The van der Waals surface area contributed by atoms with Crippen LogP contribution in [-0.2, 0) is 0 Å². The molecule has 2 fully saturated rings. The van der Waals surface area contributed by atoms with Crippen molar-refractivity contribution in [2.75, 3.05) is 38.1 Å². The second kappa shape index (κ2) is 7.05. The number of nitrogens with zero attached hydrogens (tertiary/aromatic N) is 3. The molecule has 24 heavy (non-hydrogen) atoms. The van der Waals surface area contributed by atoms with Gasteiger partial charge in [-0.25, -0.2) is 9.37 Å². The first-order valence-corrected chi connectivity index (χ1v) is 8.84. The van der Waals surface area contributed by atoms with Gasteiger partial charge >= 0.3 is 0 Å². The molecule has 3 rings (SSSR count). The molecule has 132 valence electrons. The number of rotatable bonds is 3. The van der Waals surface area contributed by atoms with Gasteiger partial charge in [0, 0.05) is 32.7 Å². The van der Waals surface area contributed by atoms with E-state index in [1.165, 1.54) is 0 Å². The van der Waals surface area contributed by atoms with E-state index < -0.39 is 5.67 Å². The second-order valence-corrected chi connectivity index (χ2v) is 7.19. The molecule has 1 unspecified atom stereocenters. The Hall–Kier alpha value is -1.69. The average molecular weight is 334 g/mol. The summed E-state index contributed by atoms with van der Waals surface area (Å²) < 4.78 is 14.3. The molecular weight excluding hydrogens is 307 g/mol. The lowest BCUT2D eigenvalue weighted by molar-refractivity contribution is 0.0284. The Labute approximate surface area is 143 Å². The van der Waals surface area contributed by atoms with Crippen molar-refractivity contribution in [3.63, 3.8) is 0 Å². The monoisotopic (exact) mass is 334 g/mol. The molecule has 1 aromatic heterocycles. The summed E-state index contributed by atoms with van der Waals surface area (Å²) in [4.78, 5) is 20.4. The number of likely N-dealkylation sites (tertiary alicyclic amines) is 1. The number of hydrogen-bond acceptors (Lipinski definition) is 4. The summed E-state index contributed by atoms with van der Waals surface area (Å²) in [6.07, 6.45) is 5.51. The lowest BCUT2D eigenvalue weighted by Gasteiger charge is -2.43. The Balaban J connectivity index is 1.56. The number of carbonyl (C=O) groups is 1. The summed E-state index contributed by atoms with van der Waals surface area (Å²) in [5.74, 6) is -0.167. The van der Waals surface area contributed by atoms with Crippen LogP contribution in [0.2, 0.25) is 0 Å². The van der Waals surface area contributed by atoms with Gasteiger partial charge in [0.25, 0.3) is 5.91 Å². The highest BCUT2D eigenvalue weighted by Gasteiger charge is 2.35. The number of anilines is 1. The molecule has 0 saturated carbocycles. The molecular formula is C18H27FN4O. The topological polar surface area (TPSA) is 48.5 Å². The quantitative estimate of drug-likeness (QED) is 0.921. The van der Waals surface area contributed by atoms with Crippen LogP contribution in [0.1, 0.15) is 43.1 Å².